The number of nitriles is 1. The second-order valence-corrected chi connectivity index (χ2v) is 7.60. The molecule has 1 aliphatic heterocycles. The maximum absolute atomic E-state index is 12.6. The van der Waals surface area contributed by atoms with E-state index in [2.05, 4.69) is 26.3 Å². The third-order valence-corrected chi connectivity index (χ3v) is 5.88. The summed E-state index contributed by atoms with van der Waals surface area (Å²) in [5.41, 5.74) is 3.14. The molecule has 0 radical (unpaired) electrons. The number of carbonyl (C=O) groups is 2. The number of hydrogen-bond acceptors (Lipinski definition) is 5. The van der Waals surface area contributed by atoms with Gasteiger partial charge in [-0.1, -0.05) is 0 Å². The Morgan fingerprint density at radius 2 is 2.07 bits per heavy atom. The fourth-order valence-electron chi connectivity index (χ4n) is 4.09. The molecule has 3 atom stereocenters. The number of aryl methyl sites for hydroxylation is 2. The van der Waals surface area contributed by atoms with Crippen LogP contribution in [-0.2, 0) is 11.2 Å². The van der Waals surface area contributed by atoms with Gasteiger partial charge in [0.25, 0.3) is 5.91 Å². The highest BCUT2D eigenvalue weighted by molar-refractivity contribution is 5.92. The van der Waals surface area contributed by atoms with Crippen LogP contribution in [0.5, 0.6) is 0 Å². The molecule has 1 saturated heterocycles. The lowest BCUT2D eigenvalue weighted by atomic mass is 10.2. The van der Waals surface area contributed by atoms with Crippen molar-refractivity contribution in [2.75, 3.05) is 19.6 Å². The van der Waals surface area contributed by atoms with Crippen molar-refractivity contribution in [1.29, 1.82) is 5.26 Å². The summed E-state index contributed by atoms with van der Waals surface area (Å²) in [5.74, 6) is 1.21. The number of rotatable bonds is 5. The maximum atomic E-state index is 12.6. The molecule has 28 heavy (non-hydrogen) atoms. The van der Waals surface area contributed by atoms with Crippen LogP contribution in [0.3, 0.4) is 0 Å². The average Bonchev–Trinajstić information content (AvgIpc) is 2.98. The molecule has 4 rings (SSSR count). The summed E-state index contributed by atoms with van der Waals surface area (Å²) in [7, 11) is 0. The van der Waals surface area contributed by atoms with E-state index in [1.54, 1.807) is 25.4 Å². The number of likely N-dealkylation sites (tertiary alicyclic amines) is 1. The van der Waals surface area contributed by atoms with Crippen LogP contribution < -0.4 is 5.32 Å². The Morgan fingerprint density at radius 3 is 2.68 bits per heavy atom. The molecule has 0 spiro atoms. The van der Waals surface area contributed by atoms with Gasteiger partial charge in [-0.25, -0.2) is 9.97 Å². The number of carbonyl (C=O) groups excluding carboxylic acids is 2. The van der Waals surface area contributed by atoms with E-state index in [1.165, 1.54) is 0 Å². The number of nitrogens with zero attached hydrogens (tertiary/aromatic N) is 4. The van der Waals surface area contributed by atoms with Crippen LogP contribution >= 0.6 is 0 Å². The molecule has 2 aromatic rings. The third kappa shape index (κ3) is 3.36. The van der Waals surface area contributed by atoms with Gasteiger partial charge in [-0.05, 0) is 43.7 Å². The molecule has 1 unspecified atom stereocenters. The molecule has 1 saturated carbocycles. The molecule has 2 aliphatic rings. The average molecular weight is 378 g/mol. The number of pyridine rings is 1. The second-order valence-electron chi connectivity index (χ2n) is 7.60. The summed E-state index contributed by atoms with van der Waals surface area (Å²) in [5, 5.41) is 12.0. The van der Waals surface area contributed by atoms with E-state index in [-0.39, 0.29) is 18.2 Å². The molecule has 8 heteroatoms. The predicted octanol–water partition coefficient (Wildman–Crippen LogP) is 0.970. The van der Waals surface area contributed by atoms with Gasteiger partial charge in [0.15, 0.2) is 0 Å². The van der Waals surface area contributed by atoms with Crippen molar-refractivity contribution in [3.05, 3.63) is 46.8 Å². The highest BCUT2D eigenvalue weighted by Gasteiger charge is 2.56. The van der Waals surface area contributed by atoms with Crippen molar-refractivity contribution in [3.8, 4) is 6.07 Å². The lowest BCUT2D eigenvalue weighted by molar-refractivity contribution is -0.120. The quantitative estimate of drug-likeness (QED) is 0.804. The molecule has 2 N–H and O–H groups in total. The summed E-state index contributed by atoms with van der Waals surface area (Å²) in [4.78, 5) is 38.0. The Kier molecular flexibility index (Phi) is 4.59. The summed E-state index contributed by atoms with van der Waals surface area (Å²) in [6, 6.07) is 5.33. The minimum Gasteiger partial charge on any atom is -0.355 e. The Hall–Kier alpha value is -3.21. The number of H-pyrrole nitrogens is 1. The second kappa shape index (κ2) is 7.08. The normalized spacial score (nSPS) is 22.5. The van der Waals surface area contributed by atoms with E-state index in [0.29, 0.717) is 54.3 Å². The van der Waals surface area contributed by atoms with Crippen LogP contribution in [0.4, 0.5) is 0 Å². The van der Waals surface area contributed by atoms with Crippen molar-refractivity contribution in [2.45, 2.75) is 20.3 Å². The van der Waals surface area contributed by atoms with E-state index >= 15 is 0 Å². The number of aromatic amines is 1. The van der Waals surface area contributed by atoms with Gasteiger partial charge in [-0.2, -0.15) is 5.26 Å². The smallest absolute Gasteiger partial charge is 0.272 e. The van der Waals surface area contributed by atoms with E-state index in [4.69, 9.17) is 5.26 Å². The summed E-state index contributed by atoms with van der Waals surface area (Å²) >= 11 is 0. The number of amides is 2. The molecule has 3 heterocycles. The van der Waals surface area contributed by atoms with Crippen LogP contribution in [0, 0.1) is 42.9 Å². The van der Waals surface area contributed by atoms with Gasteiger partial charge in [0.1, 0.15) is 11.8 Å². The van der Waals surface area contributed by atoms with Crippen molar-refractivity contribution in [2.24, 2.45) is 17.8 Å². The standard InChI is InChI=1S/C20H22N6O2/c1-11-13(6-21)3-4-17(25-11)20(28)26-8-15-14(16(15)9-26)7-22-19(27)5-18-12(2)23-10-24-18/h3-4,10,14-16H,5,7-9H2,1-2H3,(H,22,27)(H,23,24)/t14?,15-,16+. The van der Waals surface area contributed by atoms with Gasteiger partial charge in [-0.3, -0.25) is 9.59 Å². The largest absolute Gasteiger partial charge is 0.355 e. The van der Waals surface area contributed by atoms with Crippen LogP contribution in [-0.4, -0.2) is 51.3 Å². The Bertz CT molecular complexity index is 963. The summed E-state index contributed by atoms with van der Waals surface area (Å²) in [6.45, 7) is 5.68. The number of hydrogen-bond donors (Lipinski definition) is 2. The van der Waals surface area contributed by atoms with Gasteiger partial charge >= 0.3 is 0 Å². The monoisotopic (exact) mass is 378 g/mol. The van der Waals surface area contributed by atoms with Crippen molar-refractivity contribution in [3.63, 3.8) is 0 Å². The van der Waals surface area contributed by atoms with Crippen LogP contribution in [0.1, 0.15) is 33.1 Å². The SMILES string of the molecule is Cc1nc(C(=O)N2C[C@@H]3C(CNC(=O)Cc4nc[nH]c4C)[C@@H]3C2)ccc1C#N. The molecule has 2 aromatic heterocycles. The third-order valence-electron chi connectivity index (χ3n) is 5.88. The highest BCUT2D eigenvalue weighted by Crippen LogP contribution is 2.51. The van der Waals surface area contributed by atoms with E-state index in [9.17, 15) is 9.59 Å². The molecule has 144 valence electrons. The van der Waals surface area contributed by atoms with E-state index in [0.717, 1.165) is 11.4 Å². The zero-order valence-corrected chi connectivity index (χ0v) is 15.9. The lowest BCUT2D eigenvalue weighted by Crippen LogP contribution is -2.35. The molecule has 1 aliphatic carbocycles. The first-order valence-electron chi connectivity index (χ1n) is 9.40. The maximum Gasteiger partial charge on any atom is 0.272 e. The molecule has 2 amide bonds. The molecule has 0 aromatic carbocycles. The van der Waals surface area contributed by atoms with Crippen molar-refractivity contribution in [1.82, 2.24) is 25.2 Å². The number of piperidine rings is 1. The Labute approximate surface area is 163 Å². The number of imidazole rings is 1. The minimum absolute atomic E-state index is 0.0228. The fourth-order valence-corrected chi connectivity index (χ4v) is 4.09. The molecular weight excluding hydrogens is 356 g/mol. The first-order chi connectivity index (χ1) is 13.5. The van der Waals surface area contributed by atoms with Gasteiger partial charge in [0.05, 0.1) is 29.7 Å². The summed E-state index contributed by atoms with van der Waals surface area (Å²) in [6.07, 6.45) is 1.88. The van der Waals surface area contributed by atoms with Crippen molar-refractivity contribution < 1.29 is 9.59 Å². The zero-order chi connectivity index (χ0) is 19.8. The number of nitrogens with one attached hydrogen (secondary N) is 2. The van der Waals surface area contributed by atoms with Crippen LogP contribution in [0.15, 0.2) is 18.5 Å². The van der Waals surface area contributed by atoms with Crippen LogP contribution in [0.2, 0.25) is 0 Å². The summed E-state index contributed by atoms with van der Waals surface area (Å²) < 4.78 is 0. The minimum atomic E-state index is -0.0865. The van der Waals surface area contributed by atoms with Gasteiger partial charge < -0.3 is 15.2 Å². The van der Waals surface area contributed by atoms with E-state index in [1.807, 2.05) is 11.8 Å². The predicted molar refractivity (Wildman–Crippen MR) is 100 cm³/mol. The molecule has 2 fully saturated rings. The fraction of sp³-hybridized carbons (Fsp3) is 0.450. The highest BCUT2D eigenvalue weighted by atomic mass is 16.2. The lowest BCUT2D eigenvalue weighted by Gasteiger charge is -2.20. The van der Waals surface area contributed by atoms with Gasteiger partial charge in [0.2, 0.25) is 5.91 Å². The van der Waals surface area contributed by atoms with Crippen LogP contribution in [0.25, 0.3) is 0 Å². The molecular formula is C20H22N6O2. The zero-order valence-electron chi connectivity index (χ0n) is 15.9. The first-order valence-corrected chi connectivity index (χ1v) is 9.40. The van der Waals surface area contributed by atoms with Crippen molar-refractivity contribution >= 4 is 11.8 Å². The van der Waals surface area contributed by atoms with Gasteiger partial charge in [-0.15, -0.1) is 0 Å². The van der Waals surface area contributed by atoms with E-state index < -0.39 is 0 Å². The number of fused-ring (bicyclic) bond motifs is 1. The molecule has 8 nitrogen and oxygen atoms in total. The number of aromatic nitrogens is 3. The topological polar surface area (TPSA) is 115 Å². The Balaban J connectivity index is 1.26. The van der Waals surface area contributed by atoms with Gasteiger partial charge in [0, 0.05) is 25.3 Å². The Morgan fingerprint density at radius 1 is 1.32 bits per heavy atom. The first kappa shape index (κ1) is 18.2. The molecule has 0 bridgehead atoms.